The van der Waals surface area contributed by atoms with E-state index >= 15 is 0 Å². The molecule has 0 saturated heterocycles. The molecule has 1 aromatic carbocycles. The molecule has 5 nitrogen and oxygen atoms in total. The van der Waals surface area contributed by atoms with Crippen LogP contribution in [0.5, 0.6) is 5.75 Å². The van der Waals surface area contributed by atoms with Crippen LogP contribution in [0.15, 0.2) is 36.4 Å². The molecule has 24 heavy (non-hydrogen) atoms. The number of benzene rings is 1. The number of nitrogens with one attached hydrogen (secondary N) is 1. The molecule has 2 aliphatic rings. The van der Waals surface area contributed by atoms with Crippen molar-refractivity contribution >= 4 is 17.4 Å². The molecule has 1 aromatic heterocycles. The summed E-state index contributed by atoms with van der Waals surface area (Å²) in [4.78, 5) is 13.1. The third-order valence-corrected chi connectivity index (χ3v) is 5.72. The number of carbonyl (C=O) groups excluding carboxylic acids is 1. The SMILES string of the molecule is COc1ccc(-c2nnsc2C(=O)NC[C@@H]2C[C@H]3C=C[C@H]2C3)cc1. The van der Waals surface area contributed by atoms with Crippen LogP contribution in [0.2, 0.25) is 0 Å². The number of methoxy groups -OCH3 is 1. The van der Waals surface area contributed by atoms with Crippen LogP contribution in [-0.2, 0) is 0 Å². The number of amides is 1. The molecule has 1 heterocycles. The summed E-state index contributed by atoms with van der Waals surface area (Å²) in [5, 5.41) is 7.21. The van der Waals surface area contributed by atoms with Crippen LogP contribution in [-0.4, -0.2) is 29.1 Å². The lowest BCUT2D eigenvalue weighted by molar-refractivity contribution is 0.0949. The van der Waals surface area contributed by atoms with Gasteiger partial charge in [-0.2, -0.15) is 0 Å². The van der Waals surface area contributed by atoms with E-state index in [0.717, 1.165) is 35.3 Å². The van der Waals surface area contributed by atoms with Gasteiger partial charge in [0.2, 0.25) is 0 Å². The number of ether oxygens (including phenoxy) is 1. The molecule has 2 aromatic rings. The van der Waals surface area contributed by atoms with Gasteiger partial charge in [-0.05, 0) is 66.4 Å². The first-order valence-corrected chi connectivity index (χ1v) is 8.95. The maximum absolute atomic E-state index is 12.6. The van der Waals surface area contributed by atoms with Crippen molar-refractivity contribution < 1.29 is 9.53 Å². The van der Waals surface area contributed by atoms with Gasteiger partial charge in [-0.15, -0.1) is 5.10 Å². The predicted molar refractivity (Wildman–Crippen MR) is 93.1 cm³/mol. The largest absolute Gasteiger partial charge is 0.497 e. The molecule has 2 aliphatic carbocycles. The van der Waals surface area contributed by atoms with Gasteiger partial charge in [-0.25, -0.2) is 0 Å². The number of rotatable bonds is 5. The molecule has 2 bridgehead atoms. The molecule has 6 heteroatoms. The number of allylic oxidation sites excluding steroid dienone is 2. The fourth-order valence-corrected chi connectivity index (χ4v) is 4.32. The Morgan fingerprint density at radius 1 is 1.29 bits per heavy atom. The van der Waals surface area contributed by atoms with Gasteiger partial charge in [0.1, 0.15) is 16.3 Å². The summed E-state index contributed by atoms with van der Waals surface area (Å²) < 4.78 is 9.13. The monoisotopic (exact) mass is 341 g/mol. The van der Waals surface area contributed by atoms with Gasteiger partial charge in [0, 0.05) is 12.1 Å². The Morgan fingerprint density at radius 3 is 2.79 bits per heavy atom. The lowest BCUT2D eigenvalue weighted by Gasteiger charge is -2.18. The molecule has 0 radical (unpaired) electrons. The van der Waals surface area contributed by atoms with E-state index in [4.69, 9.17) is 4.74 Å². The van der Waals surface area contributed by atoms with Gasteiger partial charge in [0.05, 0.1) is 7.11 Å². The van der Waals surface area contributed by atoms with Gasteiger partial charge in [-0.1, -0.05) is 16.6 Å². The first-order valence-electron chi connectivity index (χ1n) is 8.18. The third kappa shape index (κ3) is 2.82. The predicted octanol–water partition coefficient (Wildman–Crippen LogP) is 3.16. The van der Waals surface area contributed by atoms with Crippen LogP contribution in [0.25, 0.3) is 11.3 Å². The second-order valence-electron chi connectivity index (χ2n) is 6.43. The first kappa shape index (κ1) is 15.3. The summed E-state index contributed by atoms with van der Waals surface area (Å²) >= 11 is 1.14. The second-order valence-corrected chi connectivity index (χ2v) is 7.18. The number of fused-ring (bicyclic) bond motifs is 2. The molecule has 1 saturated carbocycles. The highest BCUT2D eigenvalue weighted by Crippen LogP contribution is 2.43. The van der Waals surface area contributed by atoms with Gasteiger partial charge in [0.15, 0.2) is 0 Å². The van der Waals surface area contributed by atoms with Crippen molar-refractivity contribution in [3.05, 3.63) is 41.3 Å². The number of aromatic nitrogens is 2. The minimum atomic E-state index is -0.0810. The van der Waals surface area contributed by atoms with E-state index in [0.29, 0.717) is 22.4 Å². The average Bonchev–Trinajstić information content (AvgIpc) is 3.35. The van der Waals surface area contributed by atoms with E-state index in [2.05, 4.69) is 27.1 Å². The van der Waals surface area contributed by atoms with Crippen molar-refractivity contribution in [3.8, 4) is 17.0 Å². The molecule has 124 valence electrons. The minimum absolute atomic E-state index is 0.0810. The summed E-state index contributed by atoms with van der Waals surface area (Å²) in [5.41, 5.74) is 1.51. The lowest BCUT2D eigenvalue weighted by Crippen LogP contribution is -2.30. The number of carbonyl (C=O) groups is 1. The molecule has 1 N–H and O–H groups in total. The lowest BCUT2D eigenvalue weighted by atomic mass is 9.93. The zero-order valence-electron chi connectivity index (χ0n) is 13.4. The van der Waals surface area contributed by atoms with Gasteiger partial charge >= 0.3 is 0 Å². The maximum Gasteiger partial charge on any atom is 0.265 e. The summed E-state index contributed by atoms with van der Waals surface area (Å²) in [6, 6.07) is 7.51. The van der Waals surface area contributed by atoms with E-state index in [1.807, 2.05) is 24.3 Å². The van der Waals surface area contributed by atoms with E-state index in [-0.39, 0.29) is 5.91 Å². The summed E-state index contributed by atoms with van der Waals surface area (Å²) in [7, 11) is 1.63. The average molecular weight is 341 g/mol. The van der Waals surface area contributed by atoms with Crippen LogP contribution < -0.4 is 10.1 Å². The van der Waals surface area contributed by atoms with Crippen LogP contribution in [0, 0.1) is 17.8 Å². The van der Waals surface area contributed by atoms with Crippen molar-refractivity contribution in [2.24, 2.45) is 17.8 Å². The Hall–Kier alpha value is -2.21. The smallest absolute Gasteiger partial charge is 0.265 e. The number of nitrogens with zero attached hydrogens (tertiary/aromatic N) is 2. The number of hydrogen-bond acceptors (Lipinski definition) is 5. The standard InChI is InChI=1S/C18H19N3O2S/c1-23-15-6-4-12(5-7-15)16-17(24-21-20-16)18(22)19-10-14-9-11-2-3-13(14)8-11/h2-7,11,13-14H,8-10H2,1H3,(H,19,22)/t11-,13-,14-/m0/s1. The van der Waals surface area contributed by atoms with Crippen molar-refractivity contribution in [2.45, 2.75) is 12.8 Å². The molecule has 1 fully saturated rings. The van der Waals surface area contributed by atoms with Crippen LogP contribution in [0.1, 0.15) is 22.5 Å². The normalized spacial score (nSPS) is 24.3. The molecule has 1 amide bonds. The second kappa shape index (κ2) is 6.36. The first-order chi connectivity index (χ1) is 11.7. The van der Waals surface area contributed by atoms with Crippen molar-refractivity contribution in [1.29, 1.82) is 0 Å². The molecule has 0 aliphatic heterocycles. The van der Waals surface area contributed by atoms with E-state index in [1.165, 1.54) is 12.8 Å². The minimum Gasteiger partial charge on any atom is -0.497 e. The Morgan fingerprint density at radius 2 is 2.12 bits per heavy atom. The van der Waals surface area contributed by atoms with Crippen LogP contribution >= 0.6 is 11.5 Å². The van der Waals surface area contributed by atoms with E-state index in [9.17, 15) is 4.79 Å². The molecule has 0 spiro atoms. The van der Waals surface area contributed by atoms with Crippen LogP contribution in [0.3, 0.4) is 0 Å². The van der Waals surface area contributed by atoms with Crippen molar-refractivity contribution in [2.75, 3.05) is 13.7 Å². The van der Waals surface area contributed by atoms with Crippen LogP contribution in [0.4, 0.5) is 0 Å². The number of hydrogen-bond donors (Lipinski definition) is 1. The van der Waals surface area contributed by atoms with E-state index in [1.54, 1.807) is 7.11 Å². The summed E-state index contributed by atoms with van der Waals surface area (Å²) in [5.74, 6) is 2.61. The molecule has 4 rings (SSSR count). The highest BCUT2D eigenvalue weighted by molar-refractivity contribution is 7.08. The molecular weight excluding hydrogens is 322 g/mol. The van der Waals surface area contributed by atoms with Gasteiger partial charge in [-0.3, -0.25) is 4.79 Å². The Labute approximate surface area is 144 Å². The third-order valence-electron chi connectivity index (χ3n) is 5.00. The Kier molecular flexibility index (Phi) is 4.06. The molecular formula is C18H19N3O2S. The van der Waals surface area contributed by atoms with Gasteiger partial charge < -0.3 is 10.1 Å². The Balaban J connectivity index is 1.45. The molecule has 3 atom stereocenters. The molecule has 0 unspecified atom stereocenters. The van der Waals surface area contributed by atoms with Gasteiger partial charge in [0.25, 0.3) is 5.91 Å². The van der Waals surface area contributed by atoms with Crippen molar-refractivity contribution in [3.63, 3.8) is 0 Å². The quantitative estimate of drug-likeness (QED) is 0.849. The highest BCUT2D eigenvalue weighted by Gasteiger charge is 2.35. The summed E-state index contributed by atoms with van der Waals surface area (Å²) in [6.45, 7) is 0.726. The Bertz CT molecular complexity index is 769. The fourth-order valence-electron chi connectivity index (χ4n) is 3.71. The topological polar surface area (TPSA) is 64.1 Å². The van der Waals surface area contributed by atoms with Crippen molar-refractivity contribution in [1.82, 2.24) is 14.9 Å². The highest BCUT2D eigenvalue weighted by atomic mass is 32.1. The fraction of sp³-hybridized carbons (Fsp3) is 0.389. The van der Waals surface area contributed by atoms with E-state index < -0.39 is 0 Å². The zero-order valence-corrected chi connectivity index (χ0v) is 14.3. The summed E-state index contributed by atoms with van der Waals surface area (Å²) in [6.07, 6.45) is 7.06. The zero-order chi connectivity index (χ0) is 16.5. The maximum atomic E-state index is 12.6.